The van der Waals surface area contributed by atoms with E-state index in [0.717, 1.165) is 30.3 Å². The molecule has 0 radical (unpaired) electrons. The predicted octanol–water partition coefficient (Wildman–Crippen LogP) is 2.05. The Balaban J connectivity index is 2.08. The molecule has 0 amide bonds. The number of nitrogens with zero attached hydrogens (tertiary/aromatic N) is 4. The Morgan fingerprint density at radius 2 is 2.11 bits per heavy atom. The van der Waals surface area contributed by atoms with Crippen molar-refractivity contribution in [1.29, 1.82) is 0 Å². The summed E-state index contributed by atoms with van der Waals surface area (Å²) in [5, 5.41) is 0. The summed E-state index contributed by atoms with van der Waals surface area (Å²) in [6, 6.07) is 0.544. The Labute approximate surface area is 114 Å². The Kier molecular flexibility index (Phi) is 4.40. The smallest absolute Gasteiger partial charge is 0.225 e. The third-order valence-electron chi connectivity index (χ3n) is 3.76. The van der Waals surface area contributed by atoms with Crippen LogP contribution in [0, 0.1) is 6.92 Å². The SMILES string of the molecule is Cc1nc(N(C)C2CCN(C)CC2)ncc1CCl. The molecule has 100 valence electrons. The molecule has 0 bridgehead atoms. The molecule has 1 fully saturated rings. The molecule has 1 aliphatic heterocycles. The van der Waals surface area contributed by atoms with Gasteiger partial charge in [0.1, 0.15) is 0 Å². The number of aryl methyl sites for hydroxylation is 1. The minimum Gasteiger partial charge on any atom is -0.341 e. The number of alkyl halides is 1. The first-order chi connectivity index (χ1) is 8.61. The van der Waals surface area contributed by atoms with Gasteiger partial charge in [-0.15, -0.1) is 11.6 Å². The summed E-state index contributed by atoms with van der Waals surface area (Å²) >= 11 is 5.83. The third-order valence-corrected chi connectivity index (χ3v) is 4.05. The number of anilines is 1. The van der Waals surface area contributed by atoms with Crippen LogP contribution in [0.1, 0.15) is 24.1 Å². The van der Waals surface area contributed by atoms with Crippen LogP contribution >= 0.6 is 11.6 Å². The van der Waals surface area contributed by atoms with E-state index in [-0.39, 0.29) is 0 Å². The van der Waals surface area contributed by atoms with Crippen LogP contribution in [0.15, 0.2) is 6.20 Å². The molecule has 2 heterocycles. The third kappa shape index (κ3) is 2.93. The van der Waals surface area contributed by atoms with E-state index in [1.807, 2.05) is 13.1 Å². The fraction of sp³-hybridized carbons (Fsp3) is 0.692. The minimum atomic E-state index is 0.476. The van der Waals surface area contributed by atoms with Crippen molar-refractivity contribution in [2.24, 2.45) is 0 Å². The molecule has 0 aliphatic carbocycles. The summed E-state index contributed by atoms with van der Waals surface area (Å²) in [6.45, 7) is 4.28. The number of piperidine rings is 1. The quantitative estimate of drug-likeness (QED) is 0.786. The largest absolute Gasteiger partial charge is 0.341 e. The zero-order valence-electron chi connectivity index (χ0n) is 11.4. The number of hydrogen-bond acceptors (Lipinski definition) is 4. The first-order valence-corrected chi connectivity index (χ1v) is 6.95. The van der Waals surface area contributed by atoms with Gasteiger partial charge in [0.25, 0.3) is 0 Å². The van der Waals surface area contributed by atoms with Crippen LogP contribution in [-0.4, -0.2) is 48.1 Å². The molecule has 1 aliphatic rings. The lowest BCUT2D eigenvalue weighted by Crippen LogP contribution is -2.42. The zero-order chi connectivity index (χ0) is 13.1. The van der Waals surface area contributed by atoms with Gasteiger partial charge in [0, 0.05) is 30.5 Å². The number of aromatic nitrogens is 2. The highest BCUT2D eigenvalue weighted by Crippen LogP contribution is 2.19. The number of halogens is 1. The van der Waals surface area contributed by atoms with E-state index in [0.29, 0.717) is 11.9 Å². The summed E-state index contributed by atoms with van der Waals surface area (Å²) in [6.07, 6.45) is 4.19. The van der Waals surface area contributed by atoms with E-state index >= 15 is 0 Å². The summed E-state index contributed by atoms with van der Waals surface area (Å²) < 4.78 is 0. The monoisotopic (exact) mass is 268 g/mol. The van der Waals surface area contributed by atoms with E-state index in [1.54, 1.807) is 0 Å². The van der Waals surface area contributed by atoms with Gasteiger partial charge in [0.15, 0.2) is 0 Å². The Morgan fingerprint density at radius 1 is 1.44 bits per heavy atom. The lowest BCUT2D eigenvalue weighted by Gasteiger charge is -2.35. The van der Waals surface area contributed by atoms with Gasteiger partial charge in [0.2, 0.25) is 5.95 Å². The van der Waals surface area contributed by atoms with Gasteiger partial charge in [0.05, 0.1) is 5.88 Å². The molecule has 18 heavy (non-hydrogen) atoms. The van der Waals surface area contributed by atoms with Crippen molar-refractivity contribution in [3.05, 3.63) is 17.5 Å². The average molecular weight is 269 g/mol. The van der Waals surface area contributed by atoms with Gasteiger partial charge in [-0.2, -0.15) is 0 Å². The molecule has 0 saturated carbocycles. The normalized spacial score (nSPS) is 18.0. The molecule has 0 spiro atoms. The fourth-order valence-corrected chi connectivity index (χ4v) is 2.59. The van der Waals surface area contributed by atoms with E-state index in [9.17, 15) is 0 Å². The molecular formula is C13H21ClN4. The molecular weight excluding hydrogens is 248 g/mol. The highest BCUT2D eigenvalue weighted by atomic mass is 35.5. The lowest BCUT2D eigenvalue weighted by atomic mass is 10.0. The predicted molar refractivity (Wildman–Crippen MR) is 75.2 cm³/mol. The van der Waals surface area contributed by atoms with E-state index in [4.69, 9.17) is 11.6 Å². The van der Waals surface area contributed by atoms with Crippen LogP contribution in [-0.2, 0) is 5.88 Å². The zero-order valence-corrected chi connectivity index (χ0v) is 12.1. The first kappa shape index (κ1) is 13.6. The molecule has 0 N–H and O–H groups in total. The van der Waals surface area contributed by atoms with Crippen molar-refractivity contribution in [2.45, 2.75) is 31.7 Å². The van der Waals surface area contributed by atoms with Crippen LogP contribution in [0.4, 0.5) is 5.95 Å². The van der Waals surface area contributed by atoms with Gasteiger partial charge in [-0.3, -0.25) is 0 Å². The van der Waals surface area contributed by atoms with Crippen LogP contribution < -0.4 is 4.90 Å². The number of likely N-dealkylation sites (tertiary alicyclic amines) is 1. The topological polar surface area (TPSA) is 32.3 Å². The highest BCUT2D eigenvalue weighted by Gasteiger charge is 2.22. The fourth-order valence-electron chi connectivity index (χ4n) is 2.33. The lowest BCUT2D eigenvalue weighted by molar-refractivity contribution is 0.252. The maximum absolute atomic E-state index is 5.83. The Hall–Kier alpha value is -0.870. The van der Waals surface area contributed by atoms with Gasteiger partial charge in [-0.25, -0.2) is 9.97 Å². The molecule has 0 atom stereocenters. The van der Waals surface area contributed by atoms with E-state index in [1.165, 1.54) is 12.8 Å². The van der Waals surface area contributed by atoms with E-state index < -0.39 is 0 Å². The van der Waals surface area contributed by atoms with Crippen molar-refractivity contribution >= 4 is 17.5 Å². The second-order valence-corrected chi connectivity index (χ2v) is 5.33. The molecule has 2 rings (SSSR count). The van der Waals surface area contributed by atoms with Crippen molar-refractivity contribution in [1.82, 2.24) is 14.9 Å². The summed E-state index contributed by atoms with van der Waals surface area (Å²) in [5.41, 5.74) is 1.99. The number of hydrogen-bond donors (Lipinski definition) is 0. The molecule has 0 aromatic carbocycles. The van der Waals surface area contributed by atoms with Gasteiger partial charge in [-0.1, -0.05) is 0 Å². The number of rotatable bonds is 3. The Morgan fingerprint density at radius 3 is 2.67 bits per heavy atom. The van der Waals surface area contributed by atoms with Crippen molar-refractivity contribution < 1.29 is 0 Å². The van der Waals surface area contributed by atoms with Crippen LogP contribution in [0.5, 0.6) is 0 Å². The van der Waals surface area contributed by atoms with Crippen molar-refractivity contribution in [3.63, 3.8) is 0 Å². The second-order valence-electron chi connectivity index (χ2n) is 5.06. The summed E-state index contributed by atoms with van der Waals surface area (Å²) in [7, 11) is 4.26. The molecule has 1 aromatic rings. The minimum absolute atomic E-state index is 0.476. The van der Waals surface area contributed by atoms with Crippen molar-refractivity contribution in [2.75, 3.05) is 32.1 Å². The molecule has 1 saturated heterocycles. The second kappa shape index (κ2) is 5.85. The molecule has 4 nitrogen and oxygen atoms in total. The van der Waals surface area contributed by atoms with Crippen LogP contribution in [0.3, 0.4) is 0 Å². The Bertz CT molecular complexity index is 402. The maximum Gasteiger partial charge on any atom is 0.225 e. The van der Waals surface area contributed by atoms with E-state index in [2.05, 4.69) is 33.9 Å². The van der Waals surface area contributed by atoms with Crippen molar-refractivity contribution in [3.8, 4) is 0 Å². The molecule has 1 aromatic heterocycles. The van der Waals surface area contributed by atoms with Gasteiger partial charge < -0.3 is 9.80 Å². The molecule has 5 heteroatoms. The maximum atomic E-state index is 5.83. The van der Waals surface area contributed by atoms with Crippen LogP contribution in [0.2, 0.25) is 0 Å². The summed E-state index contributed by atoms with van der Waals surface area (Å²) in [4.78, 5) is 13.6. The average Bonchev–Trinajstić information content (AvgIpc) is 2.38. The van der Waals surface area contributed by atoms with Gasteiger partial charge >= 0.3 is 0 Å². The first-order valence-electron chi connectivity index (χ1n) is 6.41. The summed E-state index contributed by atoms with van der Waals surface area (Å²) in [5.74, 6) is 1.29. The van der Waals surface area contributed by atoms with Crippen LogP contribution in [0.25, 0.3) is 0 Å². The highest BCUT2D eigenvalue weighted by molar-refractivity contribution is 6.17. The standard InChI is InChI=1S/C13H21ClN4/c1-10-11(8-14)9-15-13(16-10)18(3)12-4-6-17(2)7-5-12/h9,12H,4-8H2,1-3H3. The molecule has 0 unspecified atom stereocenters. The van der Waals surface area contributed by atoms with Gasteiger partial charge in [-0.05, 0) is 39.9 Å².